The Morgan fingerprint density at radius 2 is 2.23 bits per heavy atom. The number of nitrogens with one attached hydrogen (secondary N) is 1. The third-order valence-corrected chi connectivity index (χ3v) is 1.41. The number of hydrogen-bond acceptors (Lipinski definition) is 2. The molecule has 13 heavy (non-hydrogen) atoms. The second-order valence-corrected chi connectivity index (χ2v) is 2.24. The number of carbonyl (C=O) groups excluding carboxylic acids is 1. The van der Waals surface area contributed by atoms with Crippen LogP contribution in [0.2, 0.25) is 0 Å². The van der Waals surface area contributed by atoms with Crippen LogP contribution in [0, 0.1) is 0 Å². The van der Waals surface area contributed by atoms with Gasteiger partial charge < -0.3 is 5.11 Å². The van der Waals surface area contributed by atoms with Gasteiger partial charge in [0.05, 0.1) is 5.56 Å². The van der Waals surface area contributed by atoms with Crippen LogP contribution in [0.25, 0.3) is 5.53 Å². The normalized spacial score (nSPS) is 10.2. The lowest BCUT2D eigenvalue weighted by Crippen LogP contribution is -2.54. The van der Waals surface area contributed by atoms with E-state index in [9.17, 15) is 9.90 Å². The molecule has 0 radical (unpaired) electrons. The Bertz CT molecular complexity index is 360. The molecule has 0 fully saturated rings. The molecule has 0 atom stereocenters. The first-order chi connectivity index (χ1) is 6.25. The summed E-state index contributed by atoms with van der Waals surface area (Å²) < 4.78 is 0. The fraction of sp³-hybridized carbons (Fsp3) is 0. The van der Waals surface area contributed by atoms with E-state index in [0.29, 0.717) is 0 Å². The maximum absolute atomic E-state index is 11.2. The first-order valence-corrected chi connectivity index (χ1v) is 3.50. The van der Waals surface area contributed by atoms with Crippen LogP contribution in [-0.2, 0) is 0 Å². The lowest BCUT2D eigenvalue weighted by Gasteiger charge is -1.97. The molecule has 0 aromatic heterocycles. The minimum atomic E-state index is -0.486. The largest absolute Gasteiger partial charge is 0.507 e. The van der Waals surface area contributed by atoms with Gasteiger partial charge in [0.2, 0.25) is 0 Å². The predicted octanol–water partition coefficient (Wildman–Crippen LogP) is -0.337. The summed E-state index contributed by atoms with van der Waals surface area (Å²) in [5.41, 5.74) is 8.21. The molecule has 0 saturated carbocycles. The number of hydrazone groups is 1. The van der Waals surface area contributed by atoms with E-state index in [1.54, 1.807) is 12.1 Å². The molecule has 5 heteroatoms. The van der Waals surface area contributed by atoms with E-state index in [1.165, 1.54) is 17.4 Å². The van der Waals surface area contributed by atoms with Crippen LogP contribution in [0.4, 0.5) is 0 Å². The highest BCUT2D eigenvalue weighted by atomic mass is 16.3. The molecule has 0 bridgehead atoms. The number of ketones is 1. The summed E-state index contributed by atoms with van der Waals surface area (Å²) in [6, 6.07) is 6.08. The zero-order chi connectivity index (χ0) is 9.68. The standard InChI is InChI=1S/C8H7N3O2/c9-11-10-5-8(13)6-3-1-2-4-7(6)12/h1-5,11-12H. The highest BCUT2D eigenvalue weighted by molar-refractivity contribution is 6.35. The van der Waals surface area contributed by atoms with E-state index >= 15 is 0 Å². The van der Waals surface area contributed by atoms with Crippen molar-refractivity contribution in [2.45, 2.75) is 0 Å². The van der Waals surface area contributed by atoms with Crippen LogP contribution in [0.1, 0.15) is 10.4 Å². The number of aromatic hydroxyl groups is 1. The number of rotatable bonds is 3. The summed E-state index contributed by atoms with van der Waals surface area (Å²) in [6.07, 6.45) is 0.870. The molecular formula is C8H7N3O2. The Kier molecular flexibility index (Phi) is 2.86. The van der Waals surface area contributed by atoms with Crippen molar-refractivity contribution in [2.75, 3.05) is 0 Å². The molecule has 0 spiro atoms. The molecule has 0 aliphatic carbocycles. The Labute approximate surface area is 74.2 Å². The average molecular weight is 177 g/mol. The molecule has 5 nitrogen and oxygen atoms in total. The summed E-state index contributed by atoms with van der Waals surface area (Å²) >= 11 is 0. The zero-order valence-electron chi connectivity index (χ0n) is 6.64. The first-order valence-electron chi connectivity index (χ1n) is 3.50. The summed E-state index contributed by atoms with van der Waals surface area (Å²) in [5, 5.41) is 13.8. The molecule has 1 rings (SSSR count). The first kappa shape index (κ1) is 9.05. The van der Waals surface area contributed by atoms with Gasteiger partial charge in [-0.3, -0.25) is 4.79 Å². The van der Waals surface area contributed by atoms with Gasteiger partial charge in [0.1, 0.15) is 5.75 Å². The average Bonchev–Trinajstić information content (AvgIpc) is 2.15. The molecule has 1 aromatic rings. The van der Waals surface area contributed by atoms with Gasteiger partial charge in [-0.2, -0.15) is 15.9 Å². The Morgan fingerprint density at radius 3 is 2.85 bits per heavy atom. The molecule has 0 saturated heterocycles. The van der Waals surface area contributed by atoms with Crippen LogP contribution < -0.4 is 5.22 Å². The van der Waals surface area contributed by atoms with Gasteiger partial charge in [-0.1, -0.05) is 12.1 Å². The maximum Gasteiger partial charge on any atom is 0.190 e. The van der Waals surface area contributed by atoms with Crippen molar-refractivity contribution in [2.24, 2.45) is 5.10 Å². The van der Waals surface area contributed by atoms with Crippen molar-refractivity contribution in [3.63, 3.8) is 0 Å². The number of nitrogens with zero attached hydrogens (tertiary/aromatic N) is 2. The number of benzene rings is 1. The molecule has 0 unspecified atom stereocenters. The fourth-order valence-electron chi connectivity index (χ4n) is 0.839. The van der Waals surface area contributed by atoms with Crippen LogP contribution in [-0.4, -0.2) is 17.1 Å². The van der Waals surface area contributed by atoms with Gasteiger partial charge in [0.25, 0.3) is 0 Å². The Balaban J connectivity index is 2.95. The van der Waals surface area contributed by atoms with Gasteiger partial charge in [-0.25, -0.2) is 0 Å². The highest BCUT2D eigenvalue weighted by Gasteiger charge is 2.05. The van der Waals surface area contributed by atoms with Crippen molar-refractivity contribution in [3.8, 4) is 5.75 Å². The molecule has 0 aliphatic heterocycles. The predicted molar refractivity (Wildman–Crippen MR) is 45.3 cm³/mol. The van der Waals surface area contributed by atoms with Crippen LogP contribution >= 0.6 is 0 Å². The minimum absolute atomic E-state index is 0.114. The highest BCUT2D eigenvalue weighted by Crippen LogP contribution is 2.14. The number of carbonyl (C=O) groups is 1. The van der Waals surface area contributed by atoms with E-state index in [2.05, 4.69) is 5.10 Å². The third-order valence-electron chi connectivity index (χ3n) is 1.41. The quantitative estimate of drug-likeness (QED) is 0.286. The summed E-state index contributed by atoms with van der Waals surface area (Å²) in [4.78, 5) is 11.2. The lowest BCUT2D eigenvalue weighted by molar-refractivity contribution is -0.485. The number of hydrogen-bond donors (Lipinski definition) is 2. The number of para-hydroxylation sites is 1. The van der Waals surface area contributed by atoms with Gasteiger partial charge in [-0.15, -0.1) is 0 Å². The molecular weight excluding hydrogens is 170 g/mol. The van der Waals surface area contributed by atoms with E-state index < -0.39 is 5.78 Å². The van der Waals surface area contributed by atoms with Gasteiger partial charge in [-0.05, 0) is 12.1 Å². The van der Waals surface area contributed by atoms with E-state index in [1.807, 2.05) is 0 Å². The van der Waals surface area contributed by atoms with Crippen molar-refractivity contribution < 1.29 is 15.1 Å². The van der Waals surface area contributed by atoms with Crippen LogP contribution in [0.5, 0.6) is 5.75 Å². The monoisotopic (exact) mass is 177 g/mol. The second-order valence-electron chi connectivity index (χ2n) is 2.24. The molecule has 1 aromatic carbocycles. The second kappa shape index (κ2) is 4.10. The van der Waals surface area contributed by atoms with Gasteiger partial charge in [0.15, 0.2) is 5.78 Å². The van der Waals surface area contributed by atoms with E-state index in [4.69, 9.17) is 5.53 Å². The summed E-state index contributed by atoms with van der Waals surface area (Å²) in [6.45, 7) is 0. The Hall–Kier alpha value is -2.04. The van der Waals surface area contributed by atoms with Gasteiger partial charge >= 0.3 is 0 Å². The Morgan fingerprint density at radius 1 is 1.54 bits per heavy atom. The van der Waals surface area contributed by atoms with E-state index in [0.717, 1.165) is 6.21 Å². The molecule has 0 aliphatic rings. The fourth-order valence-corrected chi connectivity index (χ4v) is 0.839. The van der Waals surface area contributed by atoms with Crippen molar-refractivity contribution in [1.29, 1.82) is 0 Å². The van der Waals surface area contributed by atoms with E-state index in [-0.39, 0.29) is 11.3 Å². The SMILES string of the molecule is [N-]=[NH+]N=CC(=O)c1ccccc1O. The van der Waals surface area contributed by atoms with Gasteiger partial charge in [0, 0.05) is 6.21 Å². The number of Topliss-reactive ketones (excluding diaryl/α,β-unsaturated/α-hetero) is 1. The smallest absolute Gasteiger partial charge is 0.190 e. The molecule has 66 valence electrons. The molecule has 2 N–H and O–H groups in total. The van der Waals surface area contributed by atoms with Crippen molar-refractivity contribution >= 4 is 12.0 Å². The third kappa shape index (κ3) is 2.19. The van der Waals surface area contributed by atoms with Crippen molar-refractivity contribution in [1.82, 2.24) is 0 Å². The number of phenolic OH excluding ortho intramolecular Hbond substituents is 1. The van der Waals surface area contributed by atoms with Crippen LogP contribution in [0.15, 0.2) is 29.4 Å². The molecule has 0 amide bonds. The van der Waals surface area contributed by atoms with Crippen molar-refractivity contribution in [3.05, 3.63) is 35.4 Å². The zero-order valence-corrected chi connectivity index (χ0v) is 6.64. The molecule has 0 heterocycles. The van der Waals surface area contributed by atoms with Crippen LogP contribution in [0.3, 0.4) is 0 Å². The lowest BCUT2D eigenvalue weighted by atomic mass is 10.1. The topological polar surface area (TPSA) is 85.9 Å². The summed E-state index contributed by atoms with van der Waals surface area (Å²) in [5.74, 6) is -0.600. The minimum Gasteiger partial charge on any atom is -0.507 e. The number of phenols is 1. The summed E-state index contributed by atoms with van der Waals surface area (Å²) in [7, 11) is 0. The maximum atomic E-state index is 11.2.